The molecule has 82 valence electrons. The summed E-state index contributed by atoms with van der Waals surface area (Å²) in [6, 6.07) is 5.25. The van der Waals surface area contributed by atoms with Crippen molar-refractivity contribution in [1.82, 2.24) is 10.4 Å². The SMILES string of the molecule is CNN(C)C(=S)Nc1ccc(Cl)c(Cl)c1. The minimum atomic E-state index is 0.497. The standard InChI is InChI=1S/C9H11Cl2N3S/c1-12-14(2)9(15)13-6-3-4-7(10)8(11)5-6/h3-5,12H,1-2H3,(H,13,15). The topological polar surface area (TPSA) is 27.3 Å². The van der Waals surface area contributed by atoms with Gasteiger partial charge in [0.15, 0.2) is 5.11 Å². The lowest BCUT2D eigenvalue weighted by Crippen LogP contribution is -2.39. The van der Waals surface area contributed by atoms with Gasteiger partial charge in [-0.05, 0) is 30.4 Å². The summed E-state index contributed by atoms with van der Waals surface area (Å²) in [5.41, 5.74) is 3.68. The molecule has 0 fully saturated rings. The van der Waals surface area contributed by atoms with Crippen molar-refractivity contribution in [2.75, 3.05) is 19.4 Å². The molecule has 1 aromatic rings. The van der Waals surface area contributed by atoms with Gasteiger partial charge >= 0.3 is 0 Å². The van der Waals surface area contributed by atoms with E-state index in [1.807, 2.05) is 13.1 Å². The van der Waals surface area contributed by atoms with E-state index in [2.05, 4.69) is 10.7 Å². The van der Waals surface area contributed by atoms with E-state index >= 15 is 0 Å². The van der Waals surface area contributed by atoms with Crippen molar-refractivity contribution in [3.8, 4) is 0 Å². The van der Waals surface area contributed by atoms with Crippen LogP contribution in [0.3, 0.4) is 0 Å². The Morgan fingerprint density at radius 2 is 2.00 bits per heavy atom. The minimum Gasteiger partial charge on any atom is -0.331 e. The van der Waals surface area contributed by atoms with Gasteiger partial charge < -0.3 is 5.32 Å². The van der Waals surface area contributed by atoms with Crippen molar-refractivity contribution in [3.63, 3.8) is 0 Å². The molecule has 1 aromatic carbocycles. The van der Waals surface area contributed by atoms with E-state index in [1.165, 1.54) is 0 Å². The van der Waals surface area contributed by atoms with E-state index in [1.54, 1.807) is 24.2 Å². The first-order chi connectivity index (χ1) is 7.04. The fourth-order valence-electron chi connectivity index (χ4n) is 0.883. The van der Waals surface area contributed by atoms with Gasteiger partial charge in [0.05, 0.1) is 10.0 Å². The Morgan fingerprint density at radius 3 is 2.53 bits per heavy atom. The molecular weight excluding hydrogens is 253 g/mol. The largest absolute Gasteiger partial charge is 0.331 e. The van der Waals surface area contributed by atoms with Crippen molar-refractivity contribution in [1.29, 1.82) is 0 Å². The smallest absolute Gasteiger partial charge is 0.187 e. The van der Waals surface area contributed by atoms with Gasteiger partial charge in [0.1, 0.15) is 0 Å². The number of hydrazine groups is 1. The number of hydrogen-bond donors (Lipinski definition) is 2. The van der Waals surface area contributed by atoms with Gasteiger partial charge in [-0.2, -0.15) is 0 Å². The summed E-state index contributed by atoms with van der Waals surface area (Å²) in [6.07, 6.45) is 0. The molecule has 6 heteroatoms. The van der Waals surface area contributed by atoms with Crippen LogP contribution in [0.15, 0.2) is 18.2 Å². The Hall–Kier alpha value is -0.550. The third-order valence-corrected chi connectivity index (χ3v) is 2.93. The Labute approximate surface area is 104 Å². The lowest BCUT2D eigenvalue weighted by Gasteiger charge is -2.19. The molecule has 0 aromatic heterocycles. The summed E-state index contributed by atoms with van der Waals surface area (Å²) < 4.78 is 0. The van der Waals surface area contributed by atoms with Crippen LogP contribution in [-0.4, -0.2) is 24.2 Å². The summed E-state index contributed by atoms with van der Waals surface area (Å²) in [7, 11) is 3.59. The maximum atomic E-state index is 5.87. The molecule has 0 spiro atoms. The first-order valence-electron chi connectivity index (χ1n) is 4.21. The van der Waals surface area contributed by atoms with Crippen LogP contribution in [0.5, 0.6) is 0 Å². The molecule has 0 saturated carbocycles. The van der Waals surface area contributed by atoms with Crippen LogP contribution < -0.4 is 10.7 Å². The molecule has 0 aliphatic carbocycles. The Kier molecular flexibility index (Phi) is 4.60. The number of rotatable bonds is 2. The Bertz CT molecular complexity index is 370. The highest BCUT2D eigenvalue weighted by Crippen LogP contribution is 2.24. The number of halogens is 2. The van der Waals surface area contributed by atoms with E-state index in [-0.39, 0.29) is 0 Å². The Balaban J connectivity index is 2.73. The quantitative estimate of drug-likeness (QED) is 0.634. The summed E-state index contributed by atoms with van der Waals surface area (Å²) in [6.45, 7) is 0. The normalized spacial score (nSPS) is 9.87. The molecule has 1 rings (SSSR count). The summed E-state index contributed by atoms with van der Waals surface area (Å²) in [5, 5.41) is 6.26. The highest BCUT2D eigenvalue weighted by molar-refractivity contribution is 7.80. The maximum Gasteiger partial charge on any atom is 0.187 e. The van der Waals surface area contributed by atoms with Crippen LogP contribution in [0, 0.1) is 0 Å². The Morgan fingerprint density at radius 1 is 1.33 bits per heavy atom. The second-order valence-corrected chi connectivity index (χ2v) is 4.04. The van der Waals surface area contributed by atoms with Gasteiger partial charge in [-0.15, -0.1) is 0 Å². The summed E-state index contributed by atoms with van der Waals surface area (Å²) >= 11 is 16.8. The van der Waals surface area contributed by atoms with Crippen molar-refractivity contribution in [2.24, 2.45) is 0 Å². The minimum absolute atomic E-state index is 0.497. The van der Waals surface area contributed by atoms with Gasteiger partial charge in [-0.3, -0.25) is 5.01 Å². The van der Waals surface area contributed by atoms with Gasteiger partial charge in [0, 0.05) is 19.8 Å². The maximum absolute atomic E-state index is 5.87. The molecule has 0 bridgehead atoms. The molecule has 0 aliphatic rings. The van der Waals surface area contributed by atoms with E-state index < -0.39 is 0 Å². The van der Waals surface area contributed by atoms with Crippen LogP contribution >= 0.6 is 35.4 Å². The molecule has 3 nitrogen and oxygen atoms in total. The van der Waals surface area contributed by atoms with E-state index in [4.69, 9.17) is 35.4 Å². The molecule has 0 atom stereocenters. The van der Waals surface area contributed by atoms with Crippen LogP contribution in [-0.2, 0) is 0 Å². The first kappa shape index (κ1) is 12.5. The molecule has 0 amide bonds. The predicted molar refractivity (Wildman–Crippen MR) is 69.5 cm³/mol. The van der Waals surface area contributed by atoms with Crippen molar-refractivity contribution in [3.05, 3.63) is 28.2 Å². The summed E-state index contributed by atoms with van der Waals surface area (Å²) in [4.78, 5) is 0. The lowest BCUT2D eigenvalue weighted by molar-refractivity contribution is 0.416. The molecule has 0 saturated heterocycles. The predicted octanol–water partition coefficient (Wildman–Crippen LogP) is 2.76. The third-order valence-electron chi connectivity index (χ3n) is 1.81. The van der Waals surface area contributed by atoms with Gasteiger partial charge in [-0.1, -0.05) is 23.2 Å². The monoisotopic (exact) mass is 263 g/mol. The van der Waals surface area contributed by atoms with Crippen LogP contribution in [0.25, 0.3) is 0 Å². The number of nitrogens with one attached hydrogen (secondary N) is 2. The average Bonchev–Trinajstić information content (AvgIpc) is 2.22. The van der Waals surface area contributed by atoms with Crippen molar-refractivity contribution >= 4 is 46.2 Å². The zero-order valence-corrected chi connectivity index (χ0v) is 10.7. The molecule has 15 heavy (non-hydrogen) atoms. The lowest BCUT2D eigenvalue weighted by atomic mass is 10.3. The number of nitrogens with zero attached hydrogens (tertiary/aromatic N) is 1. The van der Waals surface area contributed by atoms with Crippen molar-refractivity contribution in [2.45, 2.75) is 0 Å². The molecule has 0 unspecified atom stereocenters. The first-order valence-corrected chi connectivity index (χ1v) is 5.38. The number of benzene rings is 1. The number of thiocarbonyl (C=S) groups is 1. The number of anilines is 1. The average molecular weight is 264 g/mol. The molecular formula is C9H11Cl2N3S. The van der Waals surface area contributed by atoms with Gasteiger partial charge in [0.2, 0.25) is 0 Å². The fourth-order valence-corrected chi connectivity index (χ4v) is 1.39. The van der Waals surface area contributed by atoms with Gasteiger partial charge in [0.25, 0.3) is 0 Å². The molecule has 0 heterocycles. The molecule has 0 aliphatic heterocycles. The van der Waals surface area contributed by atoms with E-state index in [9.17, 15) is 0 Å². The van der Waals surface area contributed by atoms with Crippen LogP contribution in [0.1, 0.15) is 0 Å². The van der Waals surface area contributed by atoms with Crippen LogP contribution in [0.4, 0.5) is 5.69 Å². The summed E-state index contributed by atoms with van der Waals surface area (Å²) in [5.74, 6) is 0. The second kappa shape index (κ2) is 5.51. The van der Waals surface area contributed by atoms with E-state index in [0.29, 0.717) is 15.2 Å². The third kappa shape index (κ3) is 3.50. The van der Waals surface area contributed by atoms with Gasteiger partial charge in [-0.25, -0.2) is 5.43 Å². The molecule has 0 radical (unpaired) electrons. The highest BCUT2D eigenvalue weighted by Gasteiger charge is 2.03. The zero-order valence-electron chi connectivity index (χ0n) is 8.34. The van der Waals surface area contributed by atoms with Crippen LogP contribution in [0.2, 0.25) is 10.0 Å². The van der Waals surface area contributed by atoms with Crippen molar-refractivity contribution < 1.29 is 0 Å². The zero-order chi connectivity index (χ0) is 11.4. The highest BCUT2D eigenvalue weighted by atomic mass is 35.5. The second-order valence-electron chi connectivity index (χ2n) is 2.84. The number of hydrogen-bond acceptors (Lipinski definition) is 2. The van der Waals surface area contributed by atoms with E-state index in [0.717, 1.165) is 5.69 Å². The fraction of sp³-hybridized carbons (Fsp3) is 0.222. The molecule has 2 N–H and O–H groups in total.